The number of nitrogens with one attached hydrogen (secondary N) is 1. The molecule has 0 aliphatic rings. The smallest absolute Gasteiger partial charge is 0.286 e. The topological polar surface area (TPSA) is 62.6 Å². The first-order valence-corrected chi connectivity index (χ1v) is 11.4. The third kappa shape index (κ3) is 6.83. The largest absolute Gasteiger partial charge is 0.455 e. The van der Waals surface area contributed by atoms with E-state index in [9.17, 15) is 9.00 Å². The van der Waals surface area contributed by atoms with Crippen LogP contribution >= 0.6 is 11.6 Å². The summed E-state index contributed by atoms with van der Waals surface area (Å²) in [6.07, 6.45) is 0.837. The quantitative estimate of drug-likeness (QED) is 0.468. The average molecular weight is 445 g/mol. The van der Waals surface area contributed by atoms with Crippen molar-refractivity contribution in [3.05, 3.63) is 88.8 Å². The van der Waals surface area contributed by atoms with E-state index in [1.54, 1.807) is 36.4 Å². The number of hydrogen-bond donors (Lipinski definition) is 1. The summed E-state index contributed by atoms with van der Waals surface area (Å²) in [5.74, 6) is 0.690. The number of carbonyl (C=O) groups is 1. The lowest BCUT2D eigenvalue weighted by Crippen LogP contribution is -2.27. The Morgan fingerprint density at radius 3 is 2.53 bits per heavy atom. The molecule has 3 aromatic rings. The predicted molar refractivity (Wildman–Crippen MR) is 120 cm³/mol. The molecule has 1 heterocycles. The fourth-order valence-corrected chi connectivity index (χ4v) is 4.13. The van der Waals surface area contributed by atoms with E-state index in [-0.39, 0.29) is 17.4 Å². The van der Waals surface area contributed by atoms with Crippen LogP contribution in [0.15, 0.2) is 76.0 Å². The summed E-state index contributed by atoms with van der Waals surface area (Å²) < 4.78 is 18.0. The molecule has 0 saturated carbocycles. The number of nitrogens with zero attached hydrogens (tertiary/aromatic N) is 1. The van der Waals surface area contributed by atoms with Gasteiger partial charge >= 0.3 is 0 Å². The van der Waals surface area contributed by atoms with Gasteiger partial charge in [-0.15, -0.1) is 0 Å². The molecule has 3 rings (SSSR count). The third-order valence-electron chi connectivity index (χ3n) is 4.53. The van der Waals surface area contributed by atoms with Crippen LogP contribution in [0.5, 0.6) is 0 Å². The molecule has 1 aromatic heterocycles. The summed E-state index contributed by atoms with van der Waals surface area (Å²) in [5, 5.41) is 3.47. The number of carbonyl (C=O) groups excluding carboxylic acids is 1. The molecule has 0 fully saturated rings. The van der Waals surface area contributed by atoms with Crippen LogP contribution in [0.3, 0.4) is 0 Å². The maximum Gasteiger partial charge on any atom is 0.286 e. The highest BCUT2D eigenvalue weighted by atomic mass is 35.5. The van der Waals surface area contributed by atoms with Crippen LogP contribution in [0.4, 0.5) is 0 Å². The first-order chi connectivity index (χ1) is 14.5. The van der Waals surface area contributed by atoms with Gasteiger partial charge in [-0.2, -0.15) is 0 Å². The van der Waals surface area contributed by atoms with Crippen molar-refractivity contribution in [2.24, 2.45) is 0 Å². The van der Waals surface area contributed by atoms with Crippen molar-refractivity contribution in [3.63, 3.8) is 0 Å². The van der Waals surface area contributed by atoms with Gasteiger partial charge < -0.3 is 14.6 Å². The summed E-state index contributed by atoms with van der Waals surface area (Å²) in [5.41, 5.74) is 1.27. The van der Waals surface area contributed by atoms with Gasteiger partial charge in [-0.25, -0.2) is 0 Å². The minimum Gasteiger partial charge on any atom is -0.455 e. The van der Waals surface area contributed by atoms with E-state index in [2.05, 4.69) is 29.4 Å². The maximum absolute atomic E-state index is 12.4. The van der Waals surface area contributed by atoms with Crippen LogP contribution in [0.2, 0.25) is 5.02 Å². The van der Waals surface area contributed by atoms with E-state index in [4.69, 9.17) is 16.0 Å². The van der Waals surface area contributed by atoms with E-state index in [0.29, 0.717) is 22.2 Å². The zero-order chi connectivity index (χ0) is 21.3. The Morgan fingerprint density at radius 1 is 1.07 bits per heavy atom. The normalized spacial score (nSPS) is 12.1. The number of benzene rings is 2. The van der Waals surface area contributed by atoms with E-state index in [0.717, 1.165) is 19.5 Å². The highest BCUT2D eigenvalue weighted by molar-refractivity contribution is 7.84. The first kappa shape index (κ1) is 22.3. The van der Waals surface area contributed by atoms with Crippen molar-refractivity contribution in [1.29, 1.82) is 0 Å². The maximum atomic E-state index is 12.4. The summed E-state index contributed by atoms with van der Waals surface area (Å²) in [7, 11) is 0.803. The van der Waals surface area contributed by atoms with Crippen LogP contribution in [0.1, 0.15) is 28.3 Å². The SMILES string of the molecule is CN(CCCNC(=O)c1ccc(CS(=O)c2ccc(Cl)cc2)o1)Cc1ccccc1. The standard InChI is InChI=1S/C23H25ClN2O3S/c1-26(16-18-6-3-2-4-7-18)15-5-14-25-23(27)22-13-10-20(29-22)17-30(28)21-11-8-19(24)9-12-21/h2-4,6-13H,5,14-17H2,1H3,(H,25,27). The summed E-state index contributed by atoms with van der Waals surface area (Å²) in [4.78, 5) is 15.2. The van der Waals surface area contributed by atoms with E-state index in [1.807, 2.05) is 18.2 Å². The fraction of sp³-hybridized carbons (Fsp3) is 0.261. The second-order valence-corrected chi connectivity index (χ2v) is 8.93. The predicted octanol–water partition coefficient (Wildman–Crippen LogP) is 4.49. The Morgan fingerprint density at radius 2 is 1.80 bits per heavy atom. The van der Waals surface area contributed by atoms with Crippen LogP contribution in [0.25, 0.3) is 0 Å². The van der Waals surface area contributed by atoms with Crippen molar-refractivity contribution >= 4 is 28.3 Å². The van der Waals surface area contributed by atoms with Gasteiger partial charge in [-0.1, -0.05) is 41.9 Å². The van der Waals surface area contributed by atoms with Gasteiger partial charge in [0.1, 0.15) is 5.76 Å². The van der Waals surface area contributed by atoms with Gasteiger partial charge in [0, 0.05) is 23.0 Å². The van der Waals surface area contributed by atoms with Crippen molar-refractivity contribution < 1.29 is 13.4 Å². The molecule has 0 saturated heterocycles. The number of hydrogen-bond acceptors (Lipinski definition) is 4. The zero-order valence-corrected chi connectivity index (χ0v) is 18.4. The monoisotopic (exact) mass is 444 g/mol. The van der Waals surface area contributed by atoms with Crippen LogP contribution in [0, 0.1) is 0 Å². The van der Waals surface area contributed by atoms with Crippen molar-refractivity contribution in [2.45, 2.75) is 23.6 Å². The van der Waals surface area contributed by atoms with Crippen LogP contribution in [-0.4, -0.2) is 35.2 Å². The first-order valence-electron chi connectivity index (χ1n) is 9.74. The van der Waals surface area contributed by atoms with Crippen molar-refractivity contribution in [3.8, 4) is 0 Å². The Hall–Kier alpha value is -2.41. The van der Waals surface area contributed by atoms with Crippen molar-refractivity contribution in [2.75, 3.05) is 20.1 Å². The Kier molecular flexibility index (Phi) is 8.25. The molecule has 1 atom stereocenters. The second-order valence-electron chi connectivity index (χ2n) is 7.04. The number of furan rings is 1. The van der Waals surface area contributed by atoms with Crippen LogP contribution < -0.4 is 5.32 Å². The molecule has 1 unspecified atom stereocenters. The number of amides is 1. The molecular formula is C23H25ClN2O3S. The molecule has 0 aliphatic heterocycles. The molecule has 1 amide bonds. The van der Waals surface area contributed by atoms with Gasteiger partial charge in [0.2, 0.25) is 0 Å². The minimum atomic E-state index is -1.26. The Balaban J connectivity index is 1.40. The molecule has 0 bridgehead atoms. The lowest BCUT2D eigenvalue weighted by molar-refractivity contribution is 0.0922. The van der Waals surface area contributed by atoms with Gasteiger partial charge in [0.25, 0.3) is 5.91 Å². The summed E-state index contributed by atoms with van der Waals surface area (Å²) in [6.45, 7) is 2.31. The zero-order valence-electron chi connectivity index (χ0n) is 16.8. The molecule has 0 spiro atoms. The van der Waals surface area contributed by atoms with Crippen molar-refractivity contribution in [1.82, 2.24) is 10.2 Å². The number of rotatable bonds is 10. The molecular weight excluding hydrogens is 420 g/mol. The molecule has 2 aromatic carbocycles. The van der Waals surface area contributed by atoms with Gasteiger partial charge in [-0.3, -0.25) is 9.00 Å². The Labute approximate surface area is 184 Å². The molecule has 0 aliphatic carbocycles. The average Bonchev–Trinajstić information content (AvgIpc) is 3.21. The molecule has 5 nitrogen and oxygen atoms in total. The Bertz CT molecular complexity index is 974. The van der Waals surface area contributed by atoms with Crippen LogP contribution in [-0.2, 0) is 23.1 Å². The molecule has 1 N–H and O–H groups in total. The highest BCUT2D eigenvalue weighted by Gasteiger charge is 2.13. The molecule has 0 radical (unpaired) electrons. The second kappa shape index (κ2) is 11.1. The van der Waals surface area contributed by atoms with E-state index in [1.165, 1.54) is 5.56 Å². The number of halogens is 1. The minimum absolute atomic E-state index is 0.208. The molecule has 7 heteroatoms. The molecule has 30 heavy (non-hydrogen) atoms. The fourth-order valence-electron chi connectivity index (χ4n) is 2.99. The molecule has 158 valence electrons. The summed E-state index contributed by atoms with van der Waals surface area (Å²) >= 11 is 5.86. The van der Waals surface area contributed by atoms with Gasteiger partial charge in [0.15, 0.2) is 5.76 Å². The van der Waals surface area contributed by atoms with Gasteiger partial charge in [-0.05, 0) is 62.0 Å². The lowest BCUT2D eigenvalue weighted by atomic mass is 10.2. The summed E-state index contributed by atoms with van der Waals surface area (Å²) in [6, 6.07) is 20.4. The van der Waals surface area contributed by atoms with E-state index >= 15 is 0 Å². The lowest BCUT2D eigenvalue weighted by Gasteiger charge is -2.16. The van der Waals surface area contributed by atoms with Gasteiger partial charge in [0.05, 0.1) is 16.6 Å². The highest BCUT2D eigenvalue weighted by Crippen LogP contribution is 2.17. The third-order valence-corrected chi connectivity index (χ3v) is 6.13. The van der Waals surface area contributed by atoms with E-state index < -0.39 is 10.8 Å².